The Morgan fingerprint density at radius 3 is 2.46 bits per heavy atom. The predicted molar refractivity (Wildman–Crippen MR) is 103 cm³/mol. The maximum Gasteiger partial charge on any atom is 0.247 e. The predicted octanol–water partition coefficient (Wildman–Crippen LogP) is 3.92. The molecular formula is C21H26N2O3. The summed E-state index contributed by atoms with van der Waals surface area (Å²) in [6.07, 6.45) is 2.11. The monoisotopic (exact) mass is 354 g/mol. The van der Waals surface area contributed by atoms with Crippen LogP contribution >= 0.6 is 0 Å². The van der Waals surface area contributed by atoms with Crippen molar-refractivity contribution < 1.29 is 14.3 Å². The Morgan fingerprint density at radius 1 is 1.08 bits per heavy atom. The van der Waals surface area contributed by atoms with Gasteiger partial charge in [0.15, 0.2) is 0 Å². The fourth-order valence-electron chi connectivity index (χ4n) is 2.77. The lowest BCUT2D eigenvalue weighted by molar-refractivity contribution is -0.122. The van der Waals surface area contributed by atoms with Crippen LogP contribution in [0.2, 0.25) is 0 Å². The number of nitrogens with one attached hydrogen (secondary N) is 2. The van der Waals surface area contributed by atoms with Crippen molar-refractivity contribution in [2.75, 3.05) is 18.5 Å². The second kappa shape index (κ2) is 8.61. The van der Waals surface area contributed by atoms with Gasteiger partial charge in [0, 0.05) is 12.1 Å². The number of anilines is 1. The van der Waals surface area contributed by atoms with Gasteiger partial charge in [-0.15, -0.1) is 0 Å². The first kappa shape index (κ1) is 18.1. The molecule has 0 spiro atoms. The zero-order valence-electron chi connectivity index (χ0n) is 15.3. The highest BCUT2D eigenvalue weighted by atomic mass is 16.5. The minimum absolute atomic E-state index is 0.0250. The quantitative estimate of drug-likeness (QED) is 0.717. The fourth-order valence-corrected chi connectivity index (χ4v) is 2.77. The van der Waals surface area contributed by atoms with Crippen molar-refractivity contribution in [1.29, 1.82) is 0 Å². The number of hydrogen-bond acceptors (Lipinski definition) is 4. The topological polar surface area (TPSA) is 59.6 Å². The van der Waals surface area contributed by atoms with Gasteiger partial charge in [0.05, 0.1) is 18.9 Å². The molecule has 1 unspecified atom stereocenters. The standard InChI is InChI=1S/C21H26N2O3/c1-3-25-17-12-13-19(26-4-2)18(14-17)23-20(15-8-6-5-7-9-15)21(24)22-16-10-11-16/h5-9,12-14,16,20,23H,3-4,10-11H2,1-2H3,(H,22,24). The van der Waals surface area contributed by atoms with Crippen LogP contribution in [0.4, 0.5) is 5.69 Å². The molecule has 1 aliphatic carbocycles. The van der Waals surface area contributed by atoms with Gasteiger partial charge in [-0.05, 0) is 44.4 Å². The third kappa shape index (κ3) is 4.69. The minimum Gasteiger partial charge on any atom is -0.494 e. The van der Waals surface area contributed by atoms with E-state index in [4.69, 9.17) is 9.47 Å². The van der Waals surface area contributed by atoms with E-state index in [1.54, 1.807) is 0 Å². The zero-order valence-corrected chi connectivity index (χ0v) is 15.3. The first-order valence-corrected chi connectivity index (χ1v) is 9.22. The van der Waals surface area contributed by atoms with Gasteiger partial charge in [0.1, 0.15) is 17.5 Å². The molecule has 2 N–H and O–H groups in total. The molecule has 0 radical (unpaired) electrons. The molecule has 26 heavy (non-hydrogen) atoms. The summed E-state index contributed by atoms with van der Waals surface area (Å²) in [5.74, 6) is 1.42. The molecule has 0 aromatic heterocycles. The van der Waals surface area contributed by atoms with Gasteiger partial charge in [-0.3, -0.25) is 4.79 Å². The second-order valence-corrected chi connectivity index (χ2v) is 6.29. The van der Waals surface area contributed by atoms with Crippen LogP contribution in [0.1, 0.15) is 38.3 Å². The summed E-state index contributed by atoms with van der Waals surface area (Å²) < 4.78 is 11.3. The van der Waals surface area contributed by atoms with Crippen molar-refractivity contribution in [1.82, 2.24) is 5.32 Å². The average Bonchev–Trinajstić information content (AvgIpc) is 3.46. The summed E-state index contributed by atoms with van der Waals surface area (Å²) in [6.45, 7) is 5.01. The number of carbonyl (C=O) groups is 1. The first-order valence-electron chi connectivity index (χ1n) is 9.22. The van der Waals surface area contributed by atoms with Crippen LogP contribution in [0.15, 0.2) is 48.5 Å². The van der Waals surface area contributed by atoms with Gasteiger partial charge >= 0.3 is 0 Å². The smallest absolute Gasteiger partial charge is 0.247 e. The zero-order chi connectivity index (χ0) is 18.4. The molecule has 1 aliphatic rings. The highest BCUT2D eigenvalue weighted by Crippen LogP contribution is 2.33. The van der Waals surface area contributed by atoms with Crippen LogP contribution < -0.4 is 20.1 Å². The molecule has 138 valence electrons. The van der Waals surface area contributed by atoms with Crippen molar-refractivity contribution in [2.45, 2.75) is 38.8 Å². The van der Waals surface area contributed by atoms with E-state index in [-0.39, 0.29) is 5.91 Å². The molecule has 0 heterocycles. The summed E-state index contributed by atoms with van der Waals surface area (Å²) in [6, 6.07) is 15.2. The Kier molecular flexibility index (Phi) is 6.00. The molecule has 0 aliphatic heterocycles. The number of ether oxygens (including phenoxy) is 2. The van der Waals surface area contributed by atoms with E-state index < -0.39 is 6.04 Å². The van der Waals surface area contributed by atoms with E-state index >= 15 is 0 Å². The molecule has 5 heteroatoms. The maximum atomic E-state index is 12.8. The largest absolute Gasteiger partial charge is 0.494 e. The van der Waals surface area contributed by atoms with Crippen LogP contribution in [-0.2, 0) is 4.79 Å². The highest BCUT2D eigenvalue weighted by molar-refractivity contribution is 5.87. The van der Waals surface area contributed by atoms with E-state index in [2.05, 4.69) is 10.6 Å². The summed E-state index contributed by atoms with van der Waals surface area (Å²) in [7, 11) is 0. The molecule has 2 aromatic carbocycles. The Balaban J connectivity index is 1.89. The Hall–Kier alpha value is -2.69. The van der Waals surface area contributed by atoms with Crippen LogP contribution in [0.5, 0.6) is 11.5 Å². The molecule has 1 saturated carbocycles. The van der Waals surface area contributed by atoms with Crippen molar-refractivity contribution in [3.05, 3.63) is 54.1 Å². The number of benzene rings is 2. The summed E-state index contributed by atoms with van der Waals surface area (Å²) in [5, 5.41) is 6.45. The summed E-state index contributed by atoms with van der Waals surface area (Å²) in [5.41, 5.74) is 1.66. The lowest BCUT2D eigenvalue weighted by Gasteiger charge is -2.22. The van der Waals surface area contributed by atoms with Gasteiger partial charge in [-0.1, -0.05) is 30.3 Å². The van der Waals surface area contributed by atoms with Gasteiger partial charge in [0.25, 0.3) is 0 Å². The molecule has 0 saturated heterocycles. The van der Waals surface area contributed by atoms with Crippen LogP contribution in [-0.4, -0.2) is 25.2 Å². The third-order valence-electron chi connectivity index (χ3n) is 4.18. The second-order valence-electron chi connectivity index (χ2n) is 6.29. The number of carbonyl (C=O) groups excluding carboxylic acids is 1. The van der Waals surface area contributed by atoms with Crippen LogP contribution in [0.3, 0.4) is 0 Å². The van der Waals surface area contributed by atoms with Crippen molar-refractivity contribution >= 4 is 11.6 Å². The molecular weight excluding hydrogens is 328 g/mol. The summed E-state index contributed by atoms with van der Waals surface area (Å²) >= 11 is 0. The van der Waals surface area contributed by atoms with E-state index in [9.17, 15) is 4.79 Å². The van der Waals surface area contributed by atoms with E-state index in [1.165, 1.54) is 0 Å². The van der Waals surface area contributed by atoms with Gasteiger partial charge in [0.2, 0.25) is 5.91 Å². The highest BCUT2D eigenvalue weighted by Gasteiger charge is 2.29. The lowest BCUT2D eigenvalue weighted by Crippen LogP contribution is -2.35. The first-order chi connectivity index (χ1) is 12.7. The molecule has 2 aromatic rings. The molecule has 1 fully saturated rings. The molecule has 0 bridgehead atoms. The number of amides is 1. The van der Waals surface area contributed by atoms with Gasteiger partial charge in [-0.2, -0.15) is 0 Å². The van der Waals surface area contributed by atoms with E-state index in [0.717, 1.165) is 29.8 Å². The van der Waals surface area contributed by atoms with Crippen LogP contribution in [0, 0.1) is 0 Å². The van der Waals surface area contributed by atoms with Crippen molar-refractivity contribution in [3.63, 3.8) is 0 Å². The molecule has 5 nitrogen and oxygen atoms in total. The third-order valence-corrected chi connectivity index (χ3v) is 4.18. The van der Waals surface area contributed by atoms with Crippen molar-refractivity contribution in [3.8, 4) is 11.5 Å². The SMILES string of the molecule is CCOc1ccc(OCC)c(NC(C(=O)NC2CC2)c2ccccc2)c1. The fraction of sp³-hybridized carbons (Fsp3) is 0.381. The molecule has 1 atom stereocenters. The molecule has 3 rings (SSSR count). The van der Waals surface area contributed by atoms with Crippen molar-refractivity contribution in [2.24, 2.45) is 0 Å². The Bertz CT molecular complexity index is 729. The number of hydrogen-bond donors (Lipinski definition) is 2. The normalized spacial score (nSPS) is 14.4. The van der Waals surface area contributed by atoms with Gasteiger partial charge < -0.3 is 20.1 Å². The Morgan fingerprint density at radius 2 is 1.81 bits per heavy atom. The average molecular weight is 354 g/mol. The number of rotatable bonds is 9. The van der Waals surface area contributed by atoms with Gasteiger partial charge in [-0.25, -0.2) is 0 Å². The van der Waals surface area contributed by atoms with E-state index in [1.807, 2.05) is 62.4 Å². The summed E-state index contributed by atoms with van der Waals surface area (Å²) in [4.78, 5) is 12.8. The maximum absolute atomic E-state index is 12.8. The lowest BCUT2D eigenvalue weighted by atomic mass is 10.1. The minimum atomic E-state index is -0.493. The molecule has 1 amide bonds. The van der Waals surface area contributed by atoms with E-state index in [0.29, 0.717) is 25.0 Å². The van der Waals surface area contributed by atoms with Crippen LogP contribution in [0.25, 0.3) is 0 Å². The Labute approximate surface area is 154 Å².